The number of hydrogen-bond acceptors (Lipinski definition) is 10. The van der Waals surface area contributed by atoms with Crippen molar-refractivity contribution in [2.45, 2.75) is 108 Å². The summed E-state index contributed by atoms with van der Waals surface area (Å²) >= 11 is 0. The van der Waals surface area contributed by atoms with Crippen molar-refractivity contribution in [1.82, 2.24) is 0 Å². The standard InChI is InChI=1S/C32H52O10/c1-8-31(4,5)40-15-22-26(36)27(37)28(38)30(41-22)42-29-24-20(16(2)13-33)11-23(34)32(24,6)12-21-18(14-39-7)9-10-19(21)17(3)25(29)35/h8,12,16-19,22-23,25-30,33-38H,1,9-11,13-15H2,2-7H3/b21-12-/t16-,17-,18-,19+,22-,23+,25-,26?,27?,28?,29-,30-,32+/m1/s1. The first-order valence-corrected chi connectivity index (χ1v) is 15.2. The van der Waals surface area contributed by atoms with Crippen molar-refractivity contribution in [3.8, 4) is 0 Å². The van der Waals surface area contributed by atoms with Gasteiger partial charge in [-0.2, -0.15) is 0 Å². The van der Waals surface area contributed by atoms with E-state index in [-0.39, 0.29) is 36.9 Å². The number of ether oxygens (including phenoxy) is 4. The van der Waals surface area contributed by atoms with Crippen LogP contribution in [0, 0.1) is 29.1 Å². The molecule has 0 radical (unpaired) electrons. The predicted octanol–water partition coefficient (Wildman–Crippen LogP) is 1.47. The topological polar surface area (TPSA) is 158 Å². The van der Waals surface area contributed by atoms with E-state index in [0.29, 0.717) is 18.6 Å². The van der Waals surface area contributed by atoms with Crippen molar-refractivity contribution >= 4 is 0 Å². The number of hydrogen-bond donors (Lipinski definition) is 6. The minimum atomic E-state index is -1.61. The predicted molar refractivity (Wildman–Crippen MR) is 155 cm³/mol. The average molecular weight is 597 g/mol. The summed E-state index contributed by atoms with van der Waals surface area (Å²) in [5.41, 5.74) is 0.955. The molecule has 3 unspecified atom stereocenters. The van der Waals surface area contributed by atoms with Gasteiger partial charge in [0.25, 0.3) is 0 Å². The van der Waals surface area contributed by atoms with E-state index in [1.54, 1.807) is 27.0 Å². The van der Waals surface area contributed by atoms with Gasteiger partial charge >= 0.3 is 0 Å². The van der Waals surface area contributed by atoms with Gasteiger partial charge in [0.2, 0.25) is 0 Å². The van der Waals surface area contributed by atoms with Crippen LogP contribution >= 0.6 is 0 Å². The van der Waals surface area contributed by atoms with Gasteiger partial charge in [-0.25, -0.2) is 0 Å². The first-order chi connectivity index (χ1) is 19.7. The minimum Gasteiger partial charge on any atom is -0.396 e. The fourth-order valence-corrected chi connectivity index (χ4v) is 7.33. The van der Waals surface area contributed by atoms with E-state index >= 15 is 0 Å². The number of rotatable bonds is 10. The summed E-state index contributed by atoms with van der Waals surface area (Å²) in [5, 5.41) is 66.2. The van der Waals surface area contributed by atoms with Crippen molar-refractivity contribution in [1.29, 1.82) is 0 Å². The molecular weight excluding hydrogens is 544 g/mol. The van der Waals surface area contributed by atoms with Crippen molar-refractivity contribution in [2.24, 2.45) is 29.1 Å². The van der Waals surface area contributed by atoms with E-state index in [1.807, 2.05) is 20.8 Å². The lowest BCUT2D eigenvalue weighted by Gasteiger charge is -2.46. The first-order valence-electron chi connectivity index (χ1n) is 15.2. The summed E-state index contributed by atoms with van der Waals surface area (Å²) in [7, 11) is 1.68. The van der Waals surface area contributed by atoms with E-state index in [4.69, 9.17) is 18.9 Å². The molecule has 0 aromatic heterocycles. The summed E-state index contributed by atoms with van der Waals surface area (Å²) in [6, 6.07) is 0. The van der Waals surface area contributed by atoms with Crippen LogP contribution in [0.5, 0.6) is 0 Å². The van der Waals surface area contributed by atoms with Crippen LogP contribution in [0.3, 0.4) is 0 Å². The Labute approximate surface area is 249 Å². The molecule has 0 aromatic rings. The molecule has 4 aliphatic rings. The third-order valence-corrected chi connectivity index (χ3v) is 10.3. The van der Waals surface area contributed by atoms with Gasteiger partial charge in [-0.3, -0.25) is 0 Å². The molecule has 10 nitrogen and oxygen atoms in total. The van der Waals surface area contributed by atoms with Crippen LogP contribution in [0.25, 0.3) is 0 Å². The van der Waals surface area contributed by atoms with Gasteiger partial charge in [0.15, 0.2) is 6.29 Å². The zero-order valence-electron chi connectivity index (χ0n) is 25.8. The Balaban J connectivity index is 1.76. The third-order valence-electron chi connectivity index (χ3n) is 10.3. The Kier molecular flexibility index (Phi) is 10.5. The van der Waals surface area contributed by atoms with Crippen LogP contribution < -0.4 is 0 Å². The Morgan fingerprint density at radius 1 is 1.10 bits per heavy atom. The van der Waals surface area contributed by atoms with E-state index in [1.165, 1.54) is 0 Å². The Morgan fingerprint density at radius 2 is 1.79 bits per heavy atom. The summed E-state index contributed by atoms with van der Waals surface area (Å²) in [6.07, 6.45) is -4.22. The lowest BCUT2D eigenvalue weighted by Crippen LogP contribution is -2.61. The second-order valence-corrected chi connectivity index (χ2v) is 13.5. The summed E-state index contributed by atoms with van der Waals surface area (Å²) in [6.45, 7) is 13.4. The fourth-order valence-electron chi connectivity index (χ4n) is 7.33. The van der Waals surface area contributed by atoms with Crippen molar-refractivity contribution < 1.29 is 49.6 Å². The molecule has 6 N–H and O–H groups in total. The maximum atomic E-state index is 12.0. The molecule has 3 aliphatic carbocycles. The molecule has 1 saturated carbocycles. The zero-order chi connectivity index (χ0) is 31.1. The first kappa shape index (κ1) is 33.7. The smallest absolute Gasteiger partial charge is 0.187 e. The number of methoxy groups -OCH3 is 1. The fraction of sp³-hybridized carbons (Fsp3) is 0.812. The Morgan fingerprint density at radius 3 is 2.40 bits per heavy atom. The molecule has 0 bridgehead atoms. The van der Waals surface area contributed by atoms with E-state index < -0.39 is 60.0 Å². The SMILES string of the molecule is C=CC(C)(C)OC[C@H]1O[C@H](O[C@@H]2C3=C([C@H](C)CO)C[C@H](O)[C@]3(C)/C=C3/[C@@H](COC)CC[C@H]3[C@@H](C)[C@H]2O)C(O)C(O)C1O. The van der Waals surface area contributed by atoms with Gasteiger partial charge in [0.1, 0.15) is 30.5 Å². The Hall–Kier alpha value is -1.18. The van der Waals surface area contributed by atoms with Crippen molar-refractivity contribution in [2.75, 3.05) is 26.9 Å². The molecular formula is C32H52O10. The van der Waals surface area contributed by atoms with Crippen molar-refractivity contribution in [3.63, 3.8) is 0 Å². The molecule has 0 amide bonds. The van der Waals surface area contributed by atoms with Crippen LogP contribution in [-0.2, 0) is 18.9 Å². The molecule has 1 aliphatic heterocycles. The molecule has 1 saturated heterocycles. The highest BCUT2D eigenvalue weighted by Gasteiger charge is 2.55. The van der Waals surface area contributed by atoms with Crippen LogP contribution in [-0.4, -0.2) is 112 Å². The normalized spacial score (nSPS) is 44.6. The van der Waals surface area contributed by atoms with Gasteiger partial charge in [0.05, 0.1) is 31.0 Å². The van der Waals surface area contributed by atoms with Gasteiger partial charge in [-0.1, -0.05) is 37.1 Å². The van der Waals surface area contributed by atoms with Gasteiger partial charge < -0.3 is 49.6 Å². The summed E-state index contributed by atoms with van der Waals surface area (Å²) in [5.74, 6) is -0.378. The molecule has 10 heteroatoms. The summed E-state index contributed by atoms with van der Waals surface area (Å²) in [4.78, 5) is 0. The van der Waals surface area contributed by atoms with Crippen LogP contribution in [0.4, 0.5) is 0 Å². The highest BCUT2D eigenvalue weighted by atomic mass is 16.7. The van der Waals surface area contributed by atoms with Gasteiger partial charge in [-0.15, -0.1) is 6.58 Å². The molecule has 240 valence electrons. The van der Waals surface area contributed by atoms with Crippen LogP contribution in [0.1, 0.15) is 53.9 Å². The minimum absolute atomic E-state index is 0.0306. The quantitative estimate of drug-likeness (QED) is 0.204. The molecule has 0 aromatic carbocycles. The molecule has 13 atom stereocenters. The molecule has 2 fully saturated rings. The average Bonchev–Trinajstić information content (AvgIpc) is 3.46. The third kappa shape index (κ3) is 6.18. The lowest BCUT2D eigenvalue weighted by molar-refractivity contribution is -0.319. The second-order valence-electron chi connectivity index (χ2n) is 13.5. The zero-order valence-corrected chi connectivity index (χ0v) is 25.8. The summed E-state index contributed by atoms with van der Waals surface area (Å²) < 4.78 is 23.9. The monoisotopic (exact) mass is 596 g/mol. The molecule has 4 rings (SSSR count). The number of aliphatic hydroxyl groups excluding tert-OH is 6. The van der Waals surface area contributed by atoms with E-state index in [0.717, 1.165) is 24.0 Å². The van der Waals surface area contributed by atoms with Crippen LogP contribution in [0.15, 0.2) is 35.5 Å². The number of fused-ring (bicyclic) bond motifs is 2. The maximum absolute atomic E-state index is 12.0. The highest BCUT2D eigenvalue weighted by Crippen LogP contribution is 2.55. The largest absolute Gasteiger partial charge is 0.396 e. The molecule has 0 spiro atoms. The second kappa shape index (κ2) is 13.0. The van der Waals surface area contributed by atoms with E-state index in [2.05, 4.69) is 12.7 Å². The maximum Gasteiger partial charge on any atom is 0.187 e. The van der Waals surface area contributed by atoms with Crippen LogP contribution in [0.2, 0.25) is 0 Å². The lowest BCUT2D eigenvalue weighted by atomic mass is 9.68. The highest BCUT2D eigenvalue weighted by molar-refractivity contribution is 5.43. The molecule has 42 heavy (non-hydrogen) atoms. The molecule has 1 heterocycles. The Bertz CT molecular complexity index is 1020. The van der Waals surface area contributed by atoms with E-state index in [9.17, 15) is 30.6 Å². The number of aliphatic hydroxyl groups is 6. The van der Waals surface area contributed by atoms with Crippen molar-refractivity contribution in [3.05, 3.63) is 35.5 Å². The van der Waals surface area contributed by atoms with Gasteiger partial charge in [-0.05, 0) is 57.4 Å². The van der Waals surface area contributed by atoms with Gasteiger partial charge in [0, 0.05) is 31.0 Å².